The highest BCUT2D eigenvalue weighted by atomic mass is 32.2. The predicted molar refractivity (Wildman–Crippen MR) is 36.0 cm³/mol. The van der Waals surface area contributed by atoms with Gasteiger partial charge in [-0.05, 0) is 18.6 Å². The van der Waals surface area contributed by atoms with Crippen molar-refractivity contribution < 1.29 is 5.11 Å². The minimum absolute atomic E-state index is 0.193. The molecule has 0 aromatic carbocycles. The Labute approximate surface area is 53.1 Å². The SMILES string of the molecule is CCCSC([O])=S. The smallest absolute Gasteiger partial charge is 0.269 e. The van der Waals surface area contributed by atoms with E-state index in [2.05, 4.69) is 12.2 Å². The first kappa shape index (κ1) is 7.24. The molecule has 0 aliphatic heterocycles. The third kappa shape index (κ3) is 6.24. The Morgan fingerprint density at radius 3 is 2.57 bits per heavy atom. The number of thioether (sulfide) groups is 1. The molecule has 41 valence electrons. The molecule has 0 spiro atoms. The number of hydrogen-bond donors (Lipinski definition) is 0. The van der Waals surface area contributed by atoms with Crippen molar-refractivity contribution in [3.8, 4) is 0 Å². The lowest BCUT2D eigenvalue weighted by Gasteiger charge is -1.85. The van der Waals surface area contributed by atoms with Crippen molar-refractivity contribution in [2.45, 2.75) is 13.3 Å². The van der Waals surface area contributed by atoms with Gasteiger partial charge in [-0.2, -0.15) is 0 Å². The maximum atomic E-state index is 9.98. The van der Waals surface area contributed by atoms with Crippen molar-refractivity contribution in [3.05, 3.63) is 0 Å². The molecule has 0 unspecified atom stereocenters. The summed E-state index contributed by atoms with van der Waals surface area (Å²) in [6, 6.07) is 0. The van der Waals surface area contributed by atoms with Crippen LogP contribution in [-0.4, -0.2) is 10.1 Å². The summed E-state index contributed by atoms with van der Waals surface area (Å²) in [6.07, 6.45) is 1.02. The van der Waals surface area contributed by atoms with E-state index in [0.717, 1.165) is 12.2 Å². The molecule has 0 bridgehead atoms. The summed E-state index contributed by atoms with van der Waals surface area (Å²) in [7, 11) is 0. The Balaban J connectivity index is 2.82. The summed E-state index contributed by atoms with van der Waals surface area (Å²) in [5.41, 5.74) is 0. The summed E-state index contributed by atoms with van der Waals surface area (Å²) in [6.45, 7) is 2.02. The first-order valence-electron chi connectivity index (χ1n) is 2.11. The fourth-order valence-electron chi connectivity index (χ4n) is 0.185. The van der Waals surface area contributed by atoms with Gasteiger partial charge < -0.3 is 0 Å². The molecule has 0 N–H and O–H groups in total. The molecule has 1 radical (unpaired) electrons. The van der Waals surface area contributed by atoms with Crippen LogP contribution in [0, 0.1) is 0 Å². The van der Waals surface area contributed by atoms with E-state index in [9.17, 15) is 5.11 Å². The van der Waals surface area contributed by atoms with Crippen LogP contribution in [0.15, 0.2) is 0 Å². The van der Waals surface area contributed by atoms with Crippen molar-refractivity contribution in [1.82, 2.24) is 0 Å². The van der Waals surface area contributed by atoms with Gasteiger partial charge in [0.15, 0.2) is 0 Å². The summed E-state index contributed by atoms with van der Waals surface area (Å²) < 4.78 is -0.193. The molecule has 0 saturated carbocycles. The summed E-state index contributed by atoms with van der Waals surface area (Å²) in [5, 5.41) is 9.98. The van der Waals surface area contributed by atoms with E-state index in [1.807, 2.05) is 6.92 Å². The van der Waals surface area contributed by atoms with E-state index >= 15 is 0 Å². The van der Waals surface area contributed by atoms with Gasteiger partial charge in [-0.25, -0.2) is 0 Å². The number of hydrogen-bond acceptors (Lipinski definition) is 2. The Morgan fingerprint density at radius 2 is 2.43 bits per heavy atom. The highest BCUT2D eigenvalue weighted by Crippen LogP contribution is 2.02. The normalized spacial score (nSPS) is 8.71. The molecule has 0 heterocycles. The zero-order valence-electron chi connectivity index (χ0n) is 4.14. The van der Waals surface area contributed by atoms with Crippen LogP contribution < -0.4 is 0 Å². The lowest BCUT2D eigenvalue weighted by atomic mass is 10.6. The molecule has 0 aromatic heterocycles. The van der Waals surface area contributed by atoms with E-state index in [-0.39, 0.29) is 4.38 Å². The maximum Gasteiger partial charge on any atom is 0.276 e. The monoisotopic (exact) mass is 135 g/mol. The minimum Gasteiger partial charge on any atom is -0.269 e. The van der Waals surface area contributed by atoms with Crippen LogP contribution in [0.5, 0.6) is 0 Å². The van der Waals surface area contributed by atoms with Gasteiger partial charge in [-0.3, -0.25) is 5.11 Å². The van der Waals surface area contributed by atoms with Crippen LogP contribution in [0.2, 0.25) is 0 Å². The van der Waals surface area contributed by atoms with Crippen molar-refractivity contribution >= 4 is 28.4 Å². The molecule has 3 heteroatoms. The molecule has 0 rings (SSSR count). The average molecular weight is 135 g/mol. The van der Waals surface area contributed by atoms with Crippen LogP contribution in [0.3, 0.4) is 0 Å². The van der Waals surface area contributed by atoms with Crippen LogP contribution in [0.4, 0.5) is 0 Å². The van der Waals surface area contributed by atoms with Crippen molar-refractivity contribution in [3.63, 3.8) is 0 Å². The van der Waals surface area contributed by atoms with Gasteiger partial charge in [0.2, 0.25) is 0 Å². The Morgan fingerprint density at radius 1 is 1.86 bits per heavy atom. The second-order valence-corrected chi connectivity index (χ2v) is 2.80. The second-order valence-electron chi connectivity index (χ2n) is 1.10. The van der Waals surface area contributed by atoms with Gasteiger partial charge in [0.25, 0.3) is 4.38 Å². The molecule has 0 fully saturated rings. The maximum absolute atomic E-state index is 9.98. The molecule has 7 heavy (non-hydrogen) atoms. The summed E-state index contributed by atoms with van der Waals surface area (Å²) in [5.74, 6) is 0.863. The van der Waals surface area contributed by atoms with Gasteiger partial charge in [0.1, 0.15) is 0 Å². The Hall–Kier alpha value is 0.240. The minimum atomic E-state index is -0.193. The Kier molecular flexibility index (Phi) is 4.55. The van der Waals surface area contributed by atoms with Gasteiger partial charge in [-0.15, -0.1) is 0 Å². The fourth-order valence-corrected chi connectivity index (χ4v) is 0.806. The van der Waals surface area contributed by atoms with Crippen LogP contribution in [0.25, 0.3) is 0 Å². The van der Waals surface area contributed by atoms with Crippen LogP contribution in [-0.2, 0) is 5.11 Å². The lowest BCUT2D eigenvalue weighted by Crippen LogP contribution is -1.81. The van der Waals surface area contributed by atoms with E-state index in [1.54, 1.807) is 0 Å². The molecular formula is C4H7OS2. The second kappa shape index (κ2) is 4.40. The van der Waals surface area contributed by atoms with Gasteiger partial charge >= 0.3 is 0 Å². The van der Waals surface area contributed by atoms with Crippen molar-refractivity contribution in [1.29, 1.82) is 0 Å². The summed E-state index contributed by atoms with van der Waals surface area (Å²) in [4.78, 5) is 0. The molecule has 0 saturated heterocycles. The third-order valence-corrected chi connectivity index (χ3v) is 1.63. The van der Waals surface area contributed by atoms with E-state index < -0.39 is 0 Å². The van der Waals surface area contributed by atoms with E-state index in [1.165, 1.54) is 11.8 Å². The molecular weight excluding hydrogens is 128 g/mol. The molecule has 0 amide bonds. The lowest BCUT2D eigenvalue weighted by molar-refractivity contribution is 0.456. The van der Waals surface area contributed by atoms with Gasteiger partial charge in [0, 0.05) is 5.75 Å². The summed E-state index contributed by atoms with van der Waals surface area (Å²) >= 11 is 5.48. The number of thiocarbonyl (C=S) groups is 1. The van der Waals surface area contributed by atoms with E-state index in [4.69, 9.17) is 0 Å². The van der Waals surface area contributed by atoms with Gasteiger partial charge in [-0.1, -0.05) is 18.7 Å². The molecule has 0 aromatic rings. The zero-order chi connectivity index (χ0) is 5.70. The highest BCUT2D eigenvalue weighted by Gasteiger charge is 1.89. The standard InChI is InChI=1S/C4H7OS2/c1-2-3-7-4(5)6/h2-3H2,1H3. The van der Waals surface area contributed by atoms with Gasteiger partial charge in [0.05, 0.1) is 0 Å². The largest absolute Gasteiger partial charge is 0.276 e. The predicted octanol–water partition coefficient (Wildman–Crippen LogP) is 1.84. The molecule has 0 aliphatic carbocycles. The Bertz CT molecular complexity index is 62.7. The van der Waals surface area contributed by atoms with Crippen molar-refractivity contribution in [2.24, 2.45) is 0 Å². The fraction of sp³-hybridized carbons (Fsp3) is 0.750. The molecule has 0 atom stereocenters. The number of rotatable bonds is 2. The topological polar surface area (TPSA) is 19.9 Å². The van der Waals surface area contributed by atoms with E-state index in [0.29, 0.717) is 0 Å². The highest BCUT2D eigenvalue weighted by molar-refractivity contribution is 8.22. The average Bonchev–Trinajstić information content (AvgIpc) is 1.61. The quantitative estimate of drug-likeness (QED) is 0.538. The first-order chi connectivity index (χ1) is 3.27. The van der Waals surface area contributed by atoms with Crippen molar-refractivity contribution in [2.75, 3.05) is 5.75 Å². The molecule has 1 nitrogen and oxygen atoms in total. The van der Waals surface area contributed by atoms with Crippen LogP contribution >= 0.6 is 24.0 Å². The first-order valence-corrected chi connectivity index (χ1v) is 3.50. The van der Waals surface area contributed by atoms with Crippen LogP contribution in [0.1, 0.15) is 13.3 Å². The molecule has 0 aliphatic rings. The third-order valence-electron chi connectivity index (χ3n) is 0.424. The zero-order valence-corrected chi connectivity index (χ0v) is 5.77.